The van der Waals surface area contributed by atoms with E-state index in [1.807, 2.05) is 62.4 Å². The SMILES string of the molecule is CCOc1ccc(NC(=O)c2c(N)n(-c3ccc(OCC)cc3)c3nc4ccccc4nc23)cc1. The molecule has 0 saturated heterocycles. The molecule has 3 aromatic carbocycles. The number of aromatic nitrogens is 3. The number of para-hydroxylation sites is 2. The molecule has 0 unspecified atom stereocenters. The van der Waals surface area contributed by atoms with Gasteiger partial charge in [-0.25, -0.2) is 9.97 Å². The fraction of sp³-hybridized carbons (Fsp3) is 0.148. The first-order valence-electron chi connectivity index (χ1n) is 11.4. The van der Waals surface area contributed by atoms with Gasteiger partial charge in [0.15, 0.2) is 5.65 Å². The van der Waals surface area contributed by atoms with Gasteiger partial charge >= 0.3 is 0 Å². The molecular formula is C27H25N5O3. The van der Waals surface area contributed by atoms with Crippen LogP contribution < -0.4 is 20.5 Å². The molecule has 0 aliphatic heterocycles. The van der Waals surface area contributed by atoms with Crippen LogP contribution in [0.5, 0.6) is 11.5 Å². The topological polar surface area (TPSA) is 104 Å². The molecule has 176 valence electrons. The Hall–Kier alpha value is -4.59. The summed E-state index contributed by atoms with van der Waals surface area (Å²) in [6, 6.07) is 22.2. The lowest BCUT2D eigenvalue weighted by Crippen LogP contribution is -2.14. The van der Waals surface area contributed by atoms with Gasteiger partial charge in [-0.05, 0) is 74.5 Å². The Morgan fingerprint density at radius 1 is 0.857 bits per heavy atom. The molecule has 0 spiro atoms. The van der Waals surface area contributed by atoms with Crippen molar-refractivity contribution >= 4 is 39.6 Å². The summed E-state index contributed by atoms with van der Waals surface area (Å²) < 4.78 is 12.8. The molecule has 0 aliphatic rings. The van der Waals surface area contributed by atoms with Gasteiger partial charge in [0.05, 0.1) is 24.2 Å². The number of anilines is 2. The van der Waals surface area contributed by atoms with E-state index in [1.54, 1.807) is 28.8 Å². The molecule has 3 N–H and O–H groups in total. The number of nitrogens with two attached hydrogens (primary N) is 1. The van der Waals surface area contributed by atoms with Crippen molar-refractivity contribution in [3.63, 3.8) is 0 Å². The summed E-state index contributed by atoms with van der Waals surface area (Å²) in [5.41, 5.74) is 10.6. The lowest BCUT2D eigenvalue weighted by molar-refractivity contribution is 0.102. The molecule has 0 atom stereocenters. The summed E-state index contributed by atoms with van der Waals surface area (Å²) in [6.07, 6.45) is 0. The van der Waals surface area contributed by atoms with E-state index >= 15 is 0 Å². The first-order valence-corrected chi connectivity index (χ1v) is 11.4. The number of carbonyl (C=O) groups is 1. The second-order valence-corrected chi connectivity index (χ2v) is 7.82. The number of benzene rings is 3. The van der Waals surface area contributed by atoms with Crippen LogP contribution in [0.3, 0.4) is 0 Å². The quantitative estimate of drug-likeness (QED) is 0.341. The van der Waals surface area contributed by atoms with Crippen molar-refractivity contribution in [3.8, 4) is 17.2 Å². The van der Waals surface area contributed by atoms with Crippen molar-refractivity contribution in [3.05, 3.63) is 78.4 Å². The first kappa shape index (κ1) is 22.2. The van der Waals surface area contributed by atoms with Gasteiger partial charge in [0, 0.05) is 11.4 Å². The minimum atomic E-state index is -0.370. The predicted octanol–water partition coefficient (Wildman–Crippen LogP) is 5.21. The van der Waals surface area contributed by atoms with Crippen LogP contribution in [0.25, 0.3) is 27.9 Å². The Bertz CT molecular complexity index is 1510. The van der Waals surface area contributed by atoms with Gasteiger partial charge in [-0.3, -0.25) is 9.36 Å². The highest BCUT2D eigenvalue weighted by Gasteiger charge is 2.25. The predicted molar refractivity (Wildman–Crippen MR) is 138 cm³/mol. The number of hydrogen-bond acceptors (Lipinski definition) is 6. The lowest BCUT2D eigenvalue weighted by atomic mass is 10.2. The van der Waals surface area contributed by atoms with Crippen LogP contribution in [-0.4, -0.2) is 33.7 Å². The fourth-order valence-electron chi connectivity index (χ4n) is 4.00. The van der Waals surface area contributed by atoms with Gasteiger partial charge in [0.25, 0.3) is 5.91 Å². The zero-order chi connectivity index (χ0) is 24.4. The largest absolute Gasteiger partial charge is 0.494 e. The summed E-state index contributed by atoms with van der Waals surface area (Å²) in [5, 5.41) is 2.92. The number of hydrogen-bond donors (Lipinski definition) is 2. The molecule has 0 saturated carbocycles. The van der Waals surface area contributed by atoms with Crippen LogP contribution in [0.15, 0.2) is 72.8 Å². The number of amides is 1. The highest BCUT2D eigenvalue weighted by Crippen LogP contribution is 2.32. The molecule has 8 nitrogen and oxygen atoms in total. The molecule has 1 amide bonds. The highest BCUT2D eigenvalue weighted by atomic mass is 16.5. The van der Waals surface area contributed by atoms with E-state index in [9.17, 15) is 4.79 Å². The van der Waals surface area contributed by atoms with Gasteiger partial charge < -0.3 is 20.5 Å². The minimum absolute atomic E-state index is 0.253. The Labute approximate surface area is 202 Å². The van der Waals surface area contributed by atoms with Gasteiger partial charge in [-0.2, -0.15) is 0 Å². The van der Waals surface area contributed by atoms with Crippen molar-refractivity contribution < 1.29 is 14.3 Å². The summed E-state index contributed by atoms with van der Waals surface area (Å²) in [5.74, 6) is 1.36. The van der Waals surface area contributed by atoms with Crippen molar-refractivity contribution in [1.29, 1.82) is 0 Å². The van der Waals surface area contributed by atoms with E-state index in [0.29, 0.717) is 41.1 Å². The molecule has 5 rings (SSSR count). The summed E-state index contributed by atoms with van der Waals surface area (Å²) in [4.78, 5) is 23.0. The third-order valence-electron chi connectivity index (χ3n) is 5.55. The summed E-state index contributed by atoms with van der Waals surface area (Å²) in [7, 11) is 0. The molecule has 0 radical (unpaired) electrons. The fourth-order valence-corrected chi connectivity index (χ4v) is 4.00. The molecule has 0 aliphatic carbocycles. The average Bonchev–Trinajstić information content (AvgIpc) is 3.15. The van der Waals surface area contributed by atoms with Crippen LogP contribution in [0.4, 0.5) is 11.5 Å². The number of nitrogens with one attached hydrogen (secondary N) is 1. The van der Waals surface area contributed by atoms with Crippen LogP contribution in [0, 0.1) is 0 Å². The van der Waals surface area contributed by atoms with E-state index < -0.39 is 0 Å². The average molecular weight is 468 g/mol. The van der Waals surface area contributed by atoms with Crippen LogP contribution in [0.1, 0.15) is 24.2 Å². The van der Waals surface area contributed by atoms with Gasteiger partial charge in [0.2, 0.25) is 0 Å². The van der Waals surface area contributed by atoms with E-state index in [0.717, 1.165) is 17.2 Å². The van der Waals surface area contributed by atoms with Crippen LogP contribution >= 0.6 is 0 Å². The number of nitrogen functional groups attached to an aromatic ring is 1. The third-order valence-corrected chi connectivity index (χ3v) is 5.55. The van der Waals surface area contributed by atoms with E-state index in [1.165, 1.54) is 0 Å². The number of fused-ring (bicyclic) bond motifs is 2. The molecular weight excluding hydrogens is 442 g/mol. The Kier molecular flexibility index (Phi) is 5.93. The third kappa shape index (κ3) is 4.21. The van der Waals surface area contributed by atoms with Crippen LogP contribution in [-0.2, 0) is 0 Å². The lowest BCUT2D eigenvalue weighted by Gasteiger charge is -2.10. The van der Waals surface area contributed by atoms with Gasteiger partial charge in [-0.1, -0.05) is 12.1 Å². The molecule has 2 aromatic heterocycles. The zero-order valence-corrected chi connectivity index (χ0v) is 19.5. The monoisotopic (exact) mass is 467 g/mol. The number of nitrogens with zero attached hydrogens (tertiary/aromatic N) is 3. The summed E-state index contributed by atoms with van der Waals surface area (Å²) >= 11 is 0. The zero-order valence-electron chi connectivity index (χ0n) is 19.5. The maximum atomic E-state index is 13.5. The number of carbonyl (C=O) groups excluding carboxylic acids is 1. The number of ether oxygens (including phenoxy) is 2. The Balaban J connectivity index is 1.63. The van der Waals surface area contributed by atoms with Crippen molar-refractivity contribution in [2.24, 2.45) is 0 Å². The van der Waals surface area contributed by atoms with Crippen molar-refractivity contribution in [2.45, 2.75) is 13.8 Å². The second-order valence-electron chi connectivity index (χ2n) is 7.82. The van der Waals surface area contributed by atoms with E-state index in [2.05, 4.69) is 5.32 Å². The highest BCUT2D eigenvalue weighted by molar-refractivity contribution is 6.16. The van der Waals surface area contributed by atoms with Gasteiger partial charge in [-0.15, -0.1) is 0 Å². The standard InChI is InChI=1S/C27H25N5O3/c1-3-34-19-13-9-17(10-14-19)29-27(33)23-24-26(31-22-8-6-5-7-21(22)30-24)32(25(23)28)18-11-15-20(16-12-18)35-4-2/h5-16H,3-4,28H2,1-2H3,(H,29,33). The van der Waals surface area contributed by atoms with E-state index in [4.69, 9.17) is 25.2 Å². The molecule has 5 aromatic rings. The van der Waals surface area contributed by atoms with Gasteiger partial charge in [0.1, 0.15) is 28.4 Å². The smallest absolute Gasteiger partial charge is 0.261 e. The first-order chi connectivity index (χ1) is 17.1. The maximum absolute atomic E-state index is 13.5. The number of rotatable bonds is 7. The molecule has 0 bridgehead atoms. The van der Waals surface area contributed by atoms with Crippen molar-refractivity contribution in [2.75, 3.05) is 24.3 Å². The molecule has 2 heterocycles. The summed E-state index contributed by atoms with van der Waals surface area (Å²) in [6.45, 7) is 4.99. The van der Waals surface area contributed by atoms with Crippen LogP contribution in [0.2, 0.25) is 0 Å². The molecule has 35 heavy (non-hydrogen) atoms. The van der Waals surface area contributed by atoms with Crippen molar-refractivity contribution in [1.82, 2.24) is 14.5 Å². The Morgan fingerprint density at radius 3 is 2.03 bits per heavy atom. The molecule has 0 fully saturated rings. The molecule has 8 heteroatoms. The second kappa shape index (κ2) is 9.34. The Morgan fingerprint density at radius 2 is 1.43 bits per heavy atom. The van der Waals surface area contributed by atoms with E-state index in [-0.39, 0.29) is 17.3 Å². The normalized spacial score (nSPS) is 11.0. The minimum Gasteiger partial charge on any atom is -0.494 e. The maximum Gasteiger partial charge on any atom is 0.261 e.